The second-order valence-corrected chi connectivity index (χ2v) is 4.90. The number of phenols is 1. The number of benzene rings is 2. The smallest absolute Gasteiger partial charge is 0.262 e. The van der Waals surface area contributed by atoms with Crippen molar-refractivity contribution in [2.24, 2.45) is 0 Å². The van der Waals surface area contributed by atoms with Gasteiger partial charge in [0.05, 0.1) is 5.69 Å². The van der Waals surface area contributed by atoms with Crippen LogP contribution in [0, 0.1) is 0 Å². The fourth-order valence-corrected chi connectivity index (χ4v) is 2.11. The van der Waals surface area contributed by atoms with Crippen LogP contribution < -0.4 is 15.4 Å². The van der Waals surface area contributed by atoms with Crippen LogP contribution in [0.1, 0.15) is 15.9 Å². The van der Waals surface area contributed by atoms with Gasteiger partial charge in [-0.15, -0.1) is 0 Å². The molecule has 22 heavy (non-hydrogen) atoms. The molecule has 0 aromatic heterocycles. The Morgan fingerprint density at radius 1 is 1.23 bits per heavy atom. The summed E-state index contributed by atoms with van der Waals surface area (Å²) in [7, 11) is 0. The lowest BCUT2D eigenvalue weighted by atomic mass is 10.1. The fraction of sp³-hybridized carbons (Fsp3) is 0.125. The number of ether oxygens (including phenoxy) is 1. The Labute approximate surface area is 126 Å². The summed E-state index contributed by atoms with van der Waals surface area (Å²) < 4.78 is 5.28. The Morgan fingerprint density at radius 2 is 2.00 bits per heavy atom. The van der Waals surface area contributed by atoms with Crippen LogP contribution in [0.15, 0.2) is 42.5 Å². The molecule has 0 unspecified atom stereocenters. The number of fused-ring (bicyclic) bond motifs is 1. The quantitative estimate of drug-likeness (QED) is 0.804. The van der Waals surface area contributed by atoms with Crippen LogP contribution in [0.25, 0.3) is 0 Å². The molecule has 1 aliphatic heterocycles. The molecule has 2 aromatic carbocycles. The Kier molecular flexibility index (Phi) is 3.65. The molecular formula is C16H14N2O4. The van der Waals surface area contributed by atoms with Gasteiger partial charge in [0.1, 0.15) is 11.5 Å². The van der Waals surface area contributed by atoms with Crippen LogP contribution in [0.4, 0.5) is 5.69 Å². The first-order valence-electron chi connectivity index (χ1n) is 6.74. The maximum Gasteiger partial charge on any atom is 0.262 e. The maximum absolute atomic E-state index is 12.1. The van der Waals surface area contributed by atoms with E-state index in [0.29, 0.717) is 23.5 Å². The van der Waals surface area contributed by atoms with Crippen molar-refractivity contribution in [2.75, 3.05) is 11.9 Å². The standard InChI is InChI=1S/C16H14N2O4/c19-12-4-1-10(2-5-12)8-17-16(21)11-3-6-13-14(7-11)22-9-15(20)18-13/h1-7,19H,8-9H2,(H,17,21)(H,18,20). The van der Waals surface area contributed by atoms with Crippen LogP contribution >= 0.6 is 0 Å². The Balaban J connectivity index is 1.67. The van der Waals surface area contributed by atoms with Gasteiger partial charge in [-0.2, -0.15) is 0 Å². The zero-order valence-corrected chi connectivity index (χ0v) is 11.6. The number of carbonyl (C=O) groups is 2. The van der Waals surface area contributed by atoms with E-state index in [0.717, 1.165) is 5.56 Å². The van der Waals surface area contributed by atoms with E-state index < -0.39 is 0 Å². The molecule has 3 N–H and O–H groups in total. The first kappa shape index (κ1) is 13.9. The minimum atomic E-state index is -0.239. The van der Waals surface area contributed by atoms with Gasteiger partial charge in [0.2, 0.25) is 0 Å². The number of hydrogen-bond acceptors (Lipinski definition) is 4. The molecular weight excluding hydrogens is 284 g/mol. The third kappa shape index (κ3) is 3.01. The van der Waals surface area contributed by atoms with Gasteiger partial charge in [-0.25, -0.2) is 0 Å². The lowest BCUT2D eigenvalue weighted by molar-refractivity contribution is -0.118. The zero-order valence-electron chi connectivity index (χ0n) is 11.6. The molecule has 2 aromatic rings. The summed E-state index contributed by atoms with van der Waals surface area (Å²) in [5.41, 5.74) is 1.90. The summed E-state index contributed by atoms with van der Waals surface area (Å²) in [4.78, 5) is 23.3. The molecule has 0 atom stereocenters. The first-order valence-corrected chi connectivity index (χ1v) is 6.74. The van der Waals surface area contributed by atoms with E-state index in [9.17, 15) is 14.7 Å². The number of aromatic hydroxyl groups is 1. The Hall–Kier alpha value is -3.02. The lowest BCUT2D eigenvalue weighted by Crippen LogP contribution is -2.26. The SMILES string of the molecule is O=C1COc2cc(C(=O)NCc3ccc(O)cc3)ccc2N1. The van der Waals surface area contributed by atoms with E-state index in [-0.39, 0.29) is 24.2 Å². The molecule has 2 amide bonds. The molecule has 0 radical (unpaired) electrons. The molecule has 0 saturated heterocycles. The molecule has 0 aliphatic carbocycles. The van der Waals surface area contributed by atoms with Crippen molar-refractivity contribution < 1.29 is 19.4 Å². The summed E-state index contributed by atoms with van der Waals surface area (Å²) >= 11 is 0. The number of hydrogen-bond donors (Lipinski definition) is 3. The van der Waals surface area contributed by atoms with E-state index in [1.807, 2.05) is 0 Å². The number of rotatable bonds is 3. The van der Waals surface area contributed by atoms with Crippen LogP contribution in [0.2, 0.25) is 0 Å². The van der Waals surface area contributed by atoms with Crippen molar-refractivity contribution in [1.82, 2.24) is 5.32 Å². The summed E-state index contributed by atoms with van der Waals surface area (Å²) in [6, 6.07) is 11.5. The van der Waals surface area contributed by atoms with Crippen molar-refractivity contribution in [2.45, 2.75) is 6.54 Å². The van der Waals surface area contributed by atoms with E-state index >= 15 is 0 Å². The van der Waals surface area contributed by atoms with E-state index in [2.05, 4.69) is 10.6 Å². The third-order valence-electron chi connectivity index (χ3n) is 3.27. The number of amides is 2. The third-order valence-corrected chi connectivity index (χ3v) is 3.27. The molecule has 0 bridgehead atoms. The average molecular weight is 298 g/mol. The zero-order chi connectivity index (χ0) is 15.5. The number of nitrogens with one attached hydrogen (secondary N) is 2. The van der Waals surface area contributed by atoms with Gasteiger partial charge < -0.3 is 20.5 Å². The van der Waals surface area contributed by atoms with Crippen molar-refractivity contribution >= 4 is 17.5 Å². The molecule has 0 fully saturated rings. The van der Waals surface area contributed by atoms with E-state index in [4.69, 9.17) is 4.74 Å². The lowest BCUT2D eigenvalue weighted by Gasteiger charge is -2.18. The monoisotopic (exact) mass is 298 g/mol. The summed E-state index contributed by atoms with van der Waals surface area (Å²) in [5.74, 6) is 0.217. The largest absolute Gasteiger partial charge is 0.508 e. The average Bonchev–Trinajstić information content (AvgIpc) is 2.53. The van der Waals surface area contributed by atoms with Crippen molar-refractivity contribution in [3.63, 3.8) is 0 Å². The predicted molar refractivity (Wildman–Crippen MR) is 79.8 cm³/mol. The molecule has 0 spiro atoms. The molecule has 3 rings (SSSR count). The number of phenolic OH excluding ortho intramolecular Hbond substituents is 1. The van der Waals surface area contributed by atoms with Gasteiger partial charge in [0.15, 0.2) is 6.61 Å². The van der Waals surface area contributed by atoms with Gasteiger partial charge in [0.25, 0.3) is 11.8 Å². The van der Waals surface area contributed by atoms with Crippen LogP contribution in [0.5, 0.6) is 11.5 Å². The molecule has 1 heterocycles. The van der Waals surface area contributed by atoms with Gasteiger partial charge in [-0.05, 0) is 35.9 Å². The van der Waals surface area contributed by atoms with E-state index in [1.54, 1.807) is 42.5 Å². The minimum Gasteiger partial charge on any atom is -0.508 e. The van der Waals surface area contributed by atoms with Crippen molar-refractivity contribution in [1.29, 1.82) is 0 Å². The Morgan fingerprint density at radius 3 is 2.77 bits per heavy atom. The van der Waals surface area contributed by atoms with Crippen molar-refractivity contribution in [3.8, 4) is 11.5 Å². The number of anilines is 1. The summed E-state index contributed by atoms with van der Waals surface area (Å²) in [6.07, 6.45) is 0. The fourth-order valence-electron chi connectivity index (χ4n) is 2.11. The normalized spacial score (nSPS) is 12.8. The predicted octanol–water partition coefficient (Wildman–Crippen LogP) is 1.65. The second kappa shape index (κ2) is 5.77. The topological polar surface area (TPSA) is 87.7 Å². The van der Waals surface area contributed by atoms with Gasteiger partial charge in [-0.1, -0.05) is 12.1 Å². The van der Waals surface area contributed by atoms with Crippen LogP contribution in [0.3, 0.4) is 0 Å². The number of carbonyl (C=O) groups excluding carboxylic acids is 2. The minimum absolute atomic E-state index is 0.0500. The van der Waals surface area contributed by atoms with Gasteiger partial charge >= 0.3 is 0 Å². The van der Waals surface area contributed by atoms with Crippen LogP contribution in [-0.4, -0.2) is 23.5 Å². The summed E-state index contributed by atoms with van der Waals surface area (Å²) in [5, 5.41) is 14.7. The highest BCUT2D eigenvalue weighted by Crippen LogP contribution is 2.28. The molecule has 0 saturated carbocycles. The molecule has 6 heteroatoms. The maximum atomic E-state index is 12.1. The second-order valence-electron chi connectivity index (χ2n) is 4.90. The molecule has 112 valence electrons. The Bertz CT molecular complexity index is 725. The van der Waals surface area contributed by atoms with Gasteiger partial charge in [0, 0.05) is 12.1 Å². The first-order chi connectivity index (χ1) is 10.6. The van der Waals surface area contributed by atoms with Crippen LogP contribution in [-0.2, 0) is 11.3 Å². The molecule has 6 nitrogen and oxygen atoms in total. The van der Waals surface area contributed by atoms with Gasteiger partial charge in [-0.3, -0.25) is 9.59 Å². The highest BCUT2D eigenvalue weighted by molar-refractivity contribution is 5.98. The van der Waals surface area contributed by atoms with Crippen molar-refractivity contribution in [3.05, 3.63) is 53.6 Å². The highest BCUT2D eigenvalue weighted by Gasteiger charge is 2.17. The molecule has 1 aliphatic rings. The summed E-state index contributed by atoms with van der Waals surface area (Å²) in [6.45, 7) is 0.305. The highest BCUT2D eigenvalue weighted by atomic mass is 16.5. The van der Waals surface area contributed by atoms with E-state index in [1.165, 1.54) is 0 Å².